The fraction of sp³-hybridized carbons (Fsp3) is 0.0952. The molecule has 2 aromatic carbocycles. The number of ether oxygens (including phenoxy) is 1. The van der Waals surface area contributed by atoms with Crippen molar-refractivity contribution < 1.29 is 14.6 Å². The van der Waals surface area contributed by atoms with Crippen LogP contribution in [0.5, 0.6) is 5.75 Å². The van der Waals surface area contributed by atoms with E-state index in [1.165, 1.54) is 16.9 Å². The Balaban J connectivity index is 1.63. The molecule has 1 aromatic heterocycles. The molecule has 126 valence electrons. The standard InChI is InChI=1S/C21H18O3S/c22-21(23)19(20-7-4-14-25-20)15-17-8-10-18(11-9-17)24-13-12-16-5-2-1-3-6-16/h1-11,14-15H,12-13H2,(H,22,23)/b19-15-. The van der Waals surface area contributed by atoms with E-state index >= 15 is 0 Å². The summed E-state index contributed by atoms with van der Waals surface area (Å²) in [4.78, 5) is 12.2. The molecule has 25 heavy (non-hydrogen) atoms. The van der Waals surface area contributed by atoms with E-state index in [0.717, 1.165) is 22.6 Å². The summed E-state index contributed by atoms with van der Waals surface area (Å²) in [6.07, 6.45) is 2.53. The van der Waals surface area contributed by atoms with Crippen molar-refractivity contribution in [2.75, 3.05) is 6.61 Å². The highest BCUT2D eigenvalue weighted by molar-refractivity contribution is 7.11. The quantitative estimate of drug-likeness (QED) is 0.610. The number of hydrogen-bond donors (Lipinski definition) is 1. The molecule has 0 bridgehead atoms. The number of thiophene rings is 1. The smallest absolute Gasteiger partial charge is 0.337 e. The van der Waals surface area contributed by atoms with Gasteiger partial charge in [-0.2, -0.15) is 0 Å². The summed E-state index contributed by atoms with van der Waals surface area (Å²) in [5, 5.41) is 11.3. The van der Waals surface area contributed by atoms with Gasteiger partial charge in [0.2, 0.25) is 0 Å². The van der Waals surface area contributed by atoms with Gasteiger partial charge in [0.1, 0.15) is 5.75 Å². The highest BCUT2D eigenvalue weighted by Crippen LogP contribution is 2.24. The minimum absolute atomic E-state index is 0.299. The van der Waals surface area contributed by atoms with Crippen molar-refractivity contribution >= 4 is 29.0 Å². The van der Waals surface area contributed by atoms with E-state index in [1.54, 1.807) is 6.08 Å². The van der Waals surface area contributed by atoms with Gasteiger partial charge < -0.3 is 9.84 Å². The van der Waals surface area contributed by atoms with Crippen LogP contribution >= 0.6 is 11.3 Å². The van der Waals surface area contributed by atoms with Crippen LogP contribution in [0.25, 0.3) is 11.6 Å². The normalized spacial score (nSPS) is 11.3. The second-order valence-corrected chi connectivity index (χ2v) is 6.44. The lowest BCUT2D eigenvalue weighted by atomic mass is 10.1. The minimum atomic E-state index is -0.925. The van der Waals surface area contributed by atoms with Crippen LogP contribution in [0, 0.1) is 0 Å². The highest BCUT2D eigenvalue weighted by atomic mass is 32.1. The van der Waals surface area contributed by atoms with Gasteiger partial charge in [-0.3, -0.25) is 0 Å². The number of rotatable bonds is 7. The lowest BCUT2D eigenvalue weighted by Crippen LogP contribution is -2.01. The summed E-state index contributed by atoms with van der Waals surface area (Å²) in [6, 6.07) is 21.3. The summed E-state index contributed by atoms with van der Waals surface area (Å²) < 4.78 is 5.75. The number of carboxylic acid groups (broad SMARTS) is 1. The molecule has 3 aromatic rings. The van der Waals surface area contributed by atoms with Crippen molar-refractivity contribution in [1.82, 2.24) is 0 Å². The highest BCUT2D eigenvalue weighted by Gasteiger charge is 2.11. The average Bonchev–Trinajstić information content (AvgIpc) is 3.16. The molecule has 4 heteroatoms. The zero-order chi connectivity index (χ0) is 17.5. The molecule has 0 saturated carbocycles. The molecule has 0 aliphatic rings. The Hall–Kier alpha value is -2.85. The van der Waals surface area contributed by atoms with Crippen molar-refractivity contribution in [3.8, 4) is 5.75 Å². The molecular weight excluding hydrogens is 332 g/mol. The van der Waals surface area contributed by atoms with Crippen molar-refractivity contribution in [1.29, 1.82) is 0 Å². The van der Waals surface area contributed by atoms with Gasteiger partial charge in [-0.05, 0) is 40.8 Å². The van der Waals surface area contributed by atoms with Gasteiger partial charge in [-0.1, -0.05) is 48.5 Å². The van der Waals surface area contributed by atoms with Crippen LogP contribution in [0.3, 0.4) is 0 Å². The summed E-state index contributed by atoms with van der Waals surface area (Å²) in [5.41, 5.74) is 2.37. The molecule has 0 aliphatic heterocycles. The van der Waals surface area contributed by atoms with Crippen LogP contribution in [0.1, 0.15) is 16.0 Å². The molecule has 0 fully saturated rings. The van der Waals surface area contributed by atoms with Crippen molar-refractivity contribution in [2.24, 2.45) is 0 Å². The van der Waals surface area contributed by atoms with Crippen LogP contribution in [-0.4, -0.2) is 17.7 Å². The molecule has 1 N–H and O–H groups in total. The largest absolute Gasteiger partial charge is 0.493 e. The van der Waals surface area contributed by atoms with Gasteiger partial charge in [0, 0.05) is 11.3 Å². The van der Waals surface area contributed by atoms with Gasteiger partial charge >= 0.3 is 5.97 Å². The Morgan fingerprint density at radius 3 is 2.40 bits per heavy atom. The molecule has 0 radical (unpaired) electrons. The third-order valence-corrected chi connectivity index (χ3v) is 4.61. The van der Waals surface area contributed by atoms with Crippen molar-refractivity contribution in [3.05, 3.63) is 88.1 Å². The van der Waals surface area contributed by atoms with E-state index < -0.39 is 5.97 Å². The van der Waals surface area contributed by atoms with Gasteiger partial charge in [-0.25, -0.2) is 4.79 Å². The molecule has 0 unspecified atom stereocenters. The van der Waals surface area contributed by atoms with Crippen LogP contribution in [0.2, 0.25) is 0 Å². The SMILES string of the molecule is O=C(O)/C(=C\c1ccc(OCCc2ccccc2)cc1)c1cccs1. The van der Waals surface area contributed by atoms with E-state index in [-0.39, 0.29) is 0 Å². The third kappa shape index (κ3) is 4.81. The number of carboxylic acids is 1. The number of carbonyl (C=O) groups is 1. The second kappa shape index (κ2) is 8.31. The molecule has 3 nitrogen and oxygen atoms in total. The van der Waals surface area contributed by atoms with Crippen LogP contribution in [-0.2, 0) is 11.2 Å². The van der Waals surface area contributed by atoms with Gasteiger partial charge in [-0.15, -0.1) is 11.3 Å². The first-order valence-corrected chi connectivity index (χ1v) is 8.86. The molecule has 0 spiro atoms. The molecular formula is C21H18O3S. The Morgan fingerprint density at radius 1 is 1.00 bits per heavy atom. The Labute approximate surface area is 150 Å². The van der Waals surface area contributed by atoms with Crippen molar-refractivity contribution in [2.45, 2.75) is 6.42 Å². The molecule has 3 rings (SSSR count). The predicted molar refractivity (Wildman–Crippen MR) is 102 cm³/mol. The predicted octanol–water partition coefficient (Wildman–Crippen LogP) is 4.99. The first-order chi connectivity index (χ1) is 12.2. The minimum Gasteiger partial charge on any atom is -0.493 e. The Bertz CT molecular complexity index is 835. The lowest BCUT2D eigenvalue weighted by molar-refractivity contribution is -0.130. The summed E-state index contributed by atoms with van der Waals surface area (Å²) in [7, 11) is 0. The van der Waals surface area contributed by atoms with E-state index in [2.05, 4.69) is 12.1 Å². The van der Waals surface area contributed by atoms with E-state index in [9.17, 15) is 9.90 Å². The average molecular weight is 350 g/mol. The zero-order valence-electron chi connectivity index (χ0n) is 13.6. The van der Waals surface area contributed by atoms with E-state index in [0.29, 0.717) is 12.2 Å². The van der Waals surface area contributed by atoms with Crippen LogP contribution < -0.4 is 4.74 Å². The van der Waals surface area contributed by atoms with Gasteiger partial charge in [0.05, 0.1) is 12.2 Å². The van der Waals surface area contributed by atoms with Crippen LogP contribution in [0.15, 0.2) is 72.1 Å². The van der Waals surface area contributed by atoms with Crippen LogP contribution in [0.4, 0.5) is 0 Å². The first-order valence-electron chi connectivity index (χ1n) is 7.98. The summed E-state index contributed by atoms with van der Waals surface area (Å²) in [5.74, 6) is -0.147. The molecule has 0 atom stereocenters. The number of aliphatic carboxylic acids is 1. The van der Waals surface area contributed by atoms with Gasteiger partial charge in [0.15, 0.2) is 0 Å². The lowest BCUT2D eigenvalue weighted by Gasteiger charge is -2.07. The molecule has 0 saturated heterocycles. The number of hydrogen-bond acceptors (Lipinski definition) is 3. The maximum absolute atomic E-state index is 11.5. The summed E-state index contributed by atoms with van der Waals surface area (Å²) in [6.45, 7) is 0.606. The molecule has 0 aliphatic carbocycles. The van der Waals surface area contributed by atoms with Gasteiger partial charge in [0.25, 0.3) is 0 Å². The monoisotopic (exact) mass is 350 g/mol. The maximum Gasteiger partial charge on any atom is 0.337 e. The summed E-state index contributed by atoms with van der Waals surface area (Å²) >= 11 is 1.42. The number of benzene rings is 2. The fourth-order valence-electron chi connectivity index (χ4n) is 2.43. The molecule has 1 heterocycles. The Kier molecular flexibility index (Phi) is 5.65. The zero-order valence-corrected chi connectivity index (χ0v) is 14.4. The van der Waals surface area contributed by atoms with E-state index in [4.69, 9.17) is 4.74 Å². The second-order valence-electron chi connectivity index (χ2n) is 5.49. The van der Waals surface area contributed by atoms with Crippen molar-refractivity contribution in [3.63, 3.8) is 0 Å². The topological polar surface area (TPSA) is 46.5 Å². The van der Waals surface area contributed by atoms with E-state index in [1.807, 2.05) is 60.0 Å². The molecule has 0 amide bonds. The Morgan fingerprint density at radius 2 is 1.76 bits per heavy atom. The fourth-order valence-corrected chi connectivity index (χ4v) is 3.16. The first kappa shape index (κ1) is 17.0. The third-order valence-electron chi connectivity index (χ3n) is 3.71. The maximum atomic E-state index is 11.5.